The smallest absolute Gasteiger partial charge is 0.0647 e. The highest BCUT2D eigenvalue weighted by molar-refractivity contribution is 9.10. The molecule has 1 aromatic carbocycles. The predicted molar refractivity (Wildman–Crippen MR) is 69.8 cm³/mol. The summed E-state index contributed by atoms with van der Waals surface area (Å²) in [6.07, 6.45) is 0. The maximum Gasteiger partial charge on any atom is 0.0647 e. The van der Waals surface area contributed by atoms with Crippen molar-refractivity contribution in [1.29, 1.82) is 0 Å². The van der Waals surface area contributed by atoms with E-state index in [0.717, 1.165) is 23.2 Å². The van der Waals surface area contributed by atoms with Crippen LogP contribution in [0.25, 0.3) is 0 Å². The van der Waals surface area contributed by atoms with Crippen LogP contribution in [0.3, 0.4) is 0 Å². The first kappa shape index (κ1) is 11.9. The number of hydrogen-bond acceptors (Lipinski definition) is 3. The normalized spacial score (nSPS) is 25.8. The van der Waals surface area contributed by atoms with Crippen molar-refractivity contribution in [3.63, 3.8) is 0 Å². The van der Waals surface area contributed by atoms with E-state index < -0.39 is 0 Å². The lowest BCUT2D eigenvalue weighted by Gasteiger charge is -2.40. The molecule has 1 aromatic rings. The van der Waals surface area contributed by atoms with Crippen molar-refractivity contribution in [2.24, 2.45) is 0 Å². The summed E-state index contributed by atoms with van der Waals surface area (Å²) in [5, 5.41) is 12.8. The number of hydrogen-bond donors (Lipinski definition) is 2. The third kappa shape index (κ3) is 2.39. The highest BCUT2D eigenvalue weighted by Crippen LogP contribution is 2.28. The van der Waals surface area contributed by atoms with Crippen molar-refractivity contribution in [1.82, 2.24) is 5.32 Å². The van der Waals surface area contributed by atoms with Gasteiger partial charge in [0.2, 0.25) is 0 Å². The Morgan fingerprint density at radius 1 is 1.50 bits per heavy atom. The van der Waals surface area contributed by atoms with Crippen LogP contribution in [-0.2, 0) is 0 Å². The molecule has 4 heteroatoms. The van der Waals surface area contributed by atoms with Crippen LogP contribution in [0.2, 0.25) is 0 Å². The molecular weight excluding hydrogens is 268 g/mol. The van der Waals surface area contributed by atoms with Crippen molar-refractivity contribution < 1.29 is 5.11 Å². The number of nitrogens with zero attached hydrogens (tertiary/aromatic N) is 1. The van der Waals surface area contributed by atoms with Crippen LogP contribution in [0.4, 0.5) is 5.69 Å². The van der Waals surface area contributed by atoms with Gasteiger partial charge in [0.15, 0.2) is 0 Å². The second-order valence-corrected chi connectivity index (χ2v) is 5.10. The lowest BCUT2D eigenvalue weighted by atomic mass is 10.1. The van der Waals surface area contributed by atoms with E-state index in [4.69, 9.17) is 0 Å². The molecule has 1 aliphatic heterocycles. The first-order chi connectivity index (χ1) is 7.72. The molecule has 0 spiro atoms. The fourth-order valence-electron chi connectivity index (χ4n) is 2.10. The third-order valence-electron chi connectivity index (χ3n) is 2.99. The molecule has 1 fully saturated rings. The maximum atomic E-state index is 9.40. The molecule has 16 heavy (non-hydrogen) atoms. The van der Waals surface area contributed by atoms with Gasteiger partial charge in [-0.3, -0.25) is 0 Å². The first-order valence-corrected chi connectivity index (χ1v) is 6.37. The van der Waals surface area contributed by atoms with E-state index in [1.807, 2.05) is 18.2 Å². The minimum absolute atomic E-state index is 0.162. The number of benzene rings is 1. The number of anilines is 1. The SMILES string of the molecule is CC1CN(c2ccccc2Br)C(CO)CN1. The highest BCUT2D eigenvalue weighted by atomic mass is 79.9. The van der Waals surface area contributed by atoms with Crippen LogP contribution in [0.5, 0.6) is 0 Å². The van der Waals surface area contributed by atoms with Gasteiger partial charge in [-0.1, -0.05) is 12.1 Å². The zero-order valence-electron chi connectivity index (χ0n) is 9.36. The average molecular weight is 285 g/mol. The van der Waals surface area contributed by atoms with Crippen LogP contribution < -0.4 is 10.2 Å². The standard InChI is InChI=1S/C12H17BrN2O/c1-9-7-15(10(8-16)6-14-9)12-5-3-2-4-11(12)13/h2-5,9-10,14,16H,6-8H2,1H3. The van der Waals surface area contributed by atoms with Crippen LogP contribution in [0, 0.1) is 0 Å². The summed E-state index contributed by atoms with van der Waals surface area (Å²) in [5.41, 5.74) is 1.16. The van der Waals surface area contributed by atoms with Crippen molar-refractivity contribution in [3.05, 3.63) is 28.7 Å². The lowest BCUT2D eigenvalue weighted by molar-refractivity contribution is 0.237. The number of para-hydroxylation sites is 1. The van der Waals surface area contributed by atoms with Crippen molar-refractivity contribution in [3.8, 4) is 0 Å². The van der Waals surface area contributed by atoms with Gasteiger partial charge >= 0.3 is 0 Å². The fourth-order valence-corrected chi connectivity index (χ4v) is 2.61. The molecule has 2 atom stereocenters. The summed E-state index contributed by atoms with van der Waals surface area (Å²) >= 11 is 3.56. The van der Waals surface area contributed by atoms with E-state index >= 15 is 0 Å². The van der Waals surface area contributed by atoms with Gasteiger partial charge in [-0.25, -0.2) is 0 Å². The molecule has 88 valence electrons. The van der Waals surface area contributed by atoms with Crippen LogP contribution >= 0.6 is 15.9 Å². The molecule has 2 rings (SSSR count). The van der Waals surface area contributed by atoms with E-state index in [-0.39, 0.29) is 12.6 Å². The predicted octanol–water partition coefficient (Wildman–Crippen LogP) is 1.61. The second kappa shape index (κ2) is 5.17. The number of aliphatic hydroxyl groups excluding tert-OH is 1. The van der Waals surface area contributed by atoms with E-state index in [0.29, 0.717) is 6.04 Å². The summed E-state index contributed by atoms with van der Waals surface area (Å²) in [4.78, 5) is 2.27. The van der Waals surface area contributed by atoms with Gasteiger partial charge in [-0.2, -0.15) is 0 Å². The van der Waals surface area contributed by atoms with Gasteiger partial charge in [0.1, 0.15) is 0 Å². The molecule has 0 aliphatic carbocycles. The Labute approximate surface area is 105 Å². The second-order valence-electron chi connectivity index (χ2n) is 4.25. The van der Waals surface area contributed by atoms with Gasteiger partial charge in [-0.15, -0.1) is 0 Å². The Kier molecular flexibility index (Phi) is 3.84. The lowest BCUT2D eigenvalue weighted by Crippen LogP contribution is -2.57. The molecule has 0 saturated carbocycles. The summed E-state index contributed by atoms with van der Waals surface area (Å²) in [5.74, 6) is 0. The van der Waals surface area contributed by atoms with E-state index in [2.05, 4.69) is 39.1 Å². The number of nitrogens with one attached hydrogen (secondary N) is 1. The molecule has 1 aliphatic rings. The van der Waals surface area contributed by atoms with Crippen LogP contribution in [0.1, 0.15) is 6.92 Å². The fraction of sp³-hybridized carbons (Fsp3) is 0.500. The maximum absolute atomic E-state index is 9.40. The number of rotatable bonds is 2. The first-order valence-electron chi connectivity index (χ1n) is 5.57. The Hall–Kier alpha value is -0.580. The molecule has 0 amide bonds. The molecular formula is C12H17BrN2O. The molecule has 2 unspecified atom stereocenters. The van der Waals surface area contributed by atoms with Gasteiger partial charge in [0, 0.05) is 23.6 Å². The summed E-state index contributed by atoms with van der Waals surface area (Å²) in [6.45, 7) is 4.10. The Morgan fingerprint density at radius 3 is 2.94 bits per heavy atom. The third-order valence-corrected chi connectivity index (χ3v) is 3.66. The molecule has 1 saturated heterocycles. The van der Waals surface area contributed by atoms with Crippen LogP contribution in [0.15, 0.2) is 28.7 Å². The van der Waals surface area contributed by atoms with Crippen LogP contribution in [-0.4, -0.2) is 36.9 Å². The summed E-state index contributed by atoms with van der Waals surface area (Å²) < 4.78 is 1.09. The average Bonchev–Trinajstić information content (AvgIpc) is 2.29. The molecule has 0 radical (unpaired) electrons. The van der Waals surface area contributed by atoms with Gasteiger partial charge in [0.05, 0.1) is 18.3 Å². The van der Waals surface area contributed by atoms with E-state index in [1.165, 1.54) is 0 Å². The largest absolute Gasteiger partial charge is 0.394 e. The number of piperazine rings is 1. The monoisotopic (exact) mass is 284 g/mol. The topological polar surface area (TPSA) is 35.5 Å². The molecule has 2 N–H and O–H groups in total. The van der Waals surface area contributed by atoms with Gasteiger partial charge in [-0.05, 0) is 35.0 Å². The molecule has 0 aromatic heterocycles. The minimum atomic E-state index is 0.162. The Bertz CT molecular complexity index is 359. The molecule has 3 nitrogen and oxygen atoms in total. The number of aliphatic hydroxyl groups is 1. The Balaban J connectivity index is 2.26. The van der Waals surface area contributed by atoms with Gasteiger partial charge < -0.3 is 15.3 Å². The summed E-state index contributed by atoms with van der Waals surface area (Å²) in [7, 11) is 0. The van der Waals surface area contributed by atoms with E-state index in [1.54, 1.807) is 0 Å². The molecule has 0 bridgehead atoms. The molecule has 1 heterocycles. The Morgan fingerprint density at radius 2 is 2.25 bits per heavy atom. The highest BCUT2D eigenvalue weighted by Gasteiger charge is 2.26. The van der Waals surface area contributed by atoms with E-state index in [9.17, 15) is 5.11 Å². The number of halogens is 1. The van der Waals surface area contributed by atoms with Crippen molar-refractivity contribution >= 4 is 21.6 Å². The van der Waals surface area contributed by atoms with Crippen molar-refractivity contribution in [2.75, 3.05) is 24.6 Å². The zero-order chi connectivity index (χ0) is 11.5. The quantitative estimate of drug-likeness (QED) is 0.866. The summed E-state index contributed by atoms with van der Waals surface area (Å²) in [6, 6.07) is 8.78. The minimum Gasteiger partial charge on any atom is -0.394 e. The van der Waals surface area contributed by atoms with Crippen molar-refractivity contribution in [2.45, 2.75) is 19.0 Å². The van der Waals surface area contributed by atoms with Gasteiger partial charge in [0.25, 0.3) is 0 Å². The zero-order valence-corrected chi connectivity index (χ0v) is 10.9.